The molecule has 0 bridgehead atoms. The van der Waals surface area contributed by atoms with E-state index in [-0.39, 0.29) is 20.3 Å². The first-order valence-corrected chi connectivity index (χ1v) is 13.5. The number of carbonyl (C=O) groups excluding carboxylic acids is 1. The number of rotatable bonds is 3. The predicted octanol–water partition coefficient (Wildman–Crippen LogP) is 9.88. The maximum Gasteiger partial charge on any atom is 0.328 e. The number of pyridine rings is 1. The summed E-state index contributed by atoms with van der Waals surface area (Å²) in [6.07, 6.45) is 2.74. The molecular formula is C37H64NO4-. The number of hydrogen-bond donors (Lipinski definition) is 1. The lowest BCUT2D eigenvalue weighted by atomic mass is 9.85. The third-order valence-corrected chi connectivity index (χ3v) is 3.88. The van der Waals surface area contributed by atoms with Crippen LogP contribution < -0.4 is 5.11 Å². The van der Waals surface area contributed by atoms with Gasteiger partial charge in [0.05, 0.1) is 11.7 Å². The second-order valence-corrected chi connectivity index (χ2v) is 14.6. The lowest BCUT2D eigenvalue weighted by Gasteiger charge is -2.20. The van der Waals surface area contributed by atoms with Crippen LogP contribution in [0.3, 0.4) is 0 Å². The van der Waals surface area contributed by atoms with E-state index in [0.29, 0.717) is 28.4 Å². The largest absolute Gasteiger partial charge is 0.545 e. The molecule has 0 saturated heterocycles. The number of allylic oxidation sites excluding steroid dienone is 1. The maximum absolute atomic E-state index is 9.53. The SMILES string of the molecule is C.C.C=C(c1ccccn1)C(C)(C)C.CC(C)(C)C.CC(C)(C)C.CC(C)(C)c1ccccc1.O=C([O-])/C=C\C(=O)O. The second-order valence-electron chi connectivity index (χ2n) is 14.6. The standard InChI is InChI=1S/C11H15N.C10H14.2C5H12.C4H4O4.2CH4/c1-9(11(2,3)4)10-7-5-6-8-12-10;1-10(2,3)9-7-5-4-6-8-9;2*1-5(2,3)4;5-3(6)1-2-4(7)8;;/h5-8H,1H2,2-4H3;4-8H,1-3H3;2*1-4H3;1-2H,(H,5,6)(H,7,8);2*1H4/p-1/b;;;;2-1-;;. The molecule has 0 aliphatic rings. The molecule has 1 aromatic heterocycles. The fourth-order valence-electron chi connectivity index (χ4n) is 2.00. The van der Waals surface area contributed by atoms with Crippen molar-refractivity contribution in [3.8, 4) is 0 Å². The number of benzene rings is 1. The molecular weight excluding hydrogens is 522 g/mol. The van der Waals surface area contributed by atoms with Gasteiger partial charge in [-0.25, -0.2) is 4.79 Å². The molecule has 0 atom stereocenters. The minimum atomic E-state index is -1.51. The highest BCUT2D eigenvalue weighted by Gasteiger charge is 2.16. The van der Waals surface area contributed by atoms with Gasteiger partial charge in [0.25, 0.3) is 0 Å². The molecule has 5 heteroatoms. The van der Waals surface area contributed by atoms with E-state index < -0.39 is 11.9 Å². The highest BCUT2D eigenvalue weighted by atomic mass is 16.4. The molecule has 0 saturated carbocycles. The molecule has 0 amide bonds. The van der Waals surface area contributed by atoms with Gasteiger partial charge in [0.15, 0.2) is 0 Å². The van der Waals surface area contributed by atoms with E-state index in [2.05, 4.69) is 139 Å². The Kier molecular flexibility index (Phi) is 25.9. The van der Waals surface area contributed by atoms with Crippen LogP contribution in [0.2, 0.25) is 0 Å². The Morgan fingerprint density at radius 1 is 0.714 bits per heavy atom. The predicted molar refractivity (Wildman–Crippen MR) is 183 cm³/mol. The molecule has 0 unspecified atom stereocenters. The van der Waals surface area contributed by atoms with E-state index in [4.69, 9.17) is 5.11 Å². The van der Waals surface area contributed by atoms with Crippen LogP contribution in [0.1, 0.15) is 123 Å². The molecule has 0 aliphatic carbocycles. The van der Waals surface area contributed by atoms with Gasteiger partial charge in [-0.3, -0.25) is 4.98 Å². The van der Waals surface area contributed by atoms with Crippen LogP contribution in [0.4, 0.5) is 0 Å². The van der Waals surface area contributed by atoms with Gasteiger partial charge >= 0.3 is 5.97 Å². The summed E-state index contributed by atoms with van der Waals surface area (Å²) in [6, 6.07) is 16.4. The van der Waals surface area contributed by atoms with Crippen molar-refractivity contribution < 1.29 is 19.8 Å². The van der Waals surface area contributed by atoms with Gasteiger partial charge in [-0.05, 0) is 51.0 Å². The monoisotopic (exact) mass is 586 g/mol. The van der Waals surface area contributed by atoms with Crippen molar-refractivity contribution in [3.63, 3.8) is 0 Å². The molecule has 1 aromatic carbocycles. The zero-order valence-corrected chi connectivity index (χ0v) is 27.7. The summed E-state index contributed by atoms with van der Waals surface area (Å²) >= 11 is 0. The first-order valence-electron chi connectivity index (χ1n) is 13.5. The summed E-state index contributed by atoms with van der Waals surface area (Å²) in [5.41, 5.74) is 4.87. The number of carboxylic acid groups (broad SMARTS) is 2. The van der Waals surface area contributed by atoms with Crippen LogP contribution >= 0.6 is 0 Å². The Balaban J connectivity index is -0.000000140. The molecule has 42 heavy (non-hydrogen) atoms. The smallest absolute Gasteiger partial charge is 0.328 e. The van der Waals surface area contributed by atoms with Crippen LogP contribution in [0.15, 0.2) is 73.5 Å². The van der Waals surface area contributed by atoms with Crippen molar-refractivity contribution in [2.75, 3.05) is 0 Å². The highest BCUT2D eigenvalue weighted by molar-refractivity contribution is 5.88. The number of carboxylic acids is 2. The number of aliphatic carboxylic acids is 2. The Labute approximate surface area is 260 Å². The summed E-state index contributed by atoms with van der Waals surface area (Å²) in [6.45, 7) is 34.6. The maximum atomic E-state index is 9.53. The van der Waals surface area contributed by atoms with E-state index in [9.17, 15) is 14.7 Å². The summed E-state index contributed by atoms with van der Waals surface area (Å²) in [7, 11) is 0. The zero-order valence-electron chi connectivity index (χ0n) is 27.7. The second kappa shape index (κ2) is 22.4. The Morgan fingerprint density at radius 3 is 1.31 bits per heavy atom. The van der Waals surface area contributed by atoms with Crippen molar-refractivity contribution in [2.45, 2.75) is 117 Å². The molecule has 0 radical (unpaired) electrons. The van der Waals surface area contributed by atoms with Crippen LogP contribution in [-0.4, -0.2) is 22.0 Å². The van der Waals surface area contributed by atoms with E-state index in [1.165, 1.54) is 5.56 Å². The normalized spacial score (nSPS) is 10.6. The van der Waals surface area contributed by atoms with Gasteiger partial charge in [-0.1, -0.05) is 155 Å². The minimum absolute atomic E-state index is 0. The number of hydrogen-bond acceptors (Lipinski definition) is 4. The molecule has 2 rings (SSSR count). The van der Waals surface area contributed by atoms with Gasteiger partial charge in [0, 0.05) is 12.3 Å². The van der Waals surface area contributed by atoms with Crippen LogP contribution in [0.25, 0.3) is 5.57 Å². The highest BCUT2D eigenvalue weighted by Crippen LogP contribution is 2.30. The lowest BCUT2D eigenvalue weighted by molar-refractivity contribution is -0.297. The first-order chi connectivity index (χ1) is 17.7. The van der Waals surface area contributed by atoms with Crippen molar-refractivity contribution in [1.29, 1.82) is 0 Å². The molecule has 0 aliphatic heterocycles. The molecule has 0 fully saturated rings. The zero-order chi connectivity index (χ0) is 32.4. The Hall–Kier alpha value is -3.21. The quantitative estimate of drug-likeness (QED) is 0.361. The minimum Gasteiger partial charge on any atom is -0.545 e. The summed E-state index contributed by atoms with van der Waals surface area (Å²) in [4.78, 5) is 23.2. The van der Waals surface area contributed by atoms with Crippen LogP contribution in [-0.2, 0) is 15.0 Å². The van der Waals surface area contributed by atoms with E-state index >= 15 is 0 Å². The summed E-state index contributed by atoms with van der Waals surface area (Å²) in [5.74, 6) is -2.80. The van der Waals surface area contributed by atoms with Gasteiger partial charge in [0.2, 0.25) is 0 Å². The lowest BCUT2D eigenvalue weighted by Crippen LogP contribution is -2.19. The number of nitrogens with zero attached hydrogens (tertiary/aromatic N) is 1. The van der Waals surface area contributed by atoms with E-state index in [1.54, 1.807) is 6.20 Å². The van der Waals surface area contributed by atoms with Crippen molar-refractivity contribution in [2.24, 2.45) is 16.2 Å². The van der Waals surface area contributed by atoms with Crippen molar-refractivity contribution in [3.05, 3.63) is 84.7 Å². The summed E-state index contributed by atoms with van der Waals surface area (Å²) in [5, 5.41) is 17.2. The topological polar surface area (TPSA) is 90.3 Å². The molecule has 1 heterocycles. The average molecular weight is 587 g/mol. The molecule has 242 valence electrons. The number of carbonyl (C=O) groups is 2. The Bertz CT molecular complexity index is 956. The van der Waals surface area contributed by atoms with Gasteiger partial charge in [-0.15, -0.1) is 0 Å². The van der Waals surface area contributed by atoms with Crippen LogP contribution in [0.5, 0.6) is 0 Å². The molecule has 1 N–H and O–H groups in total. The van der Waals surface area contributed by atoms with Crippen molar-refractivity contribution in [1.82, 2.24) is 4.98 Å². The number of aromatic nitrogens is 1. The van der Waals surface area contributed by atoms with E-state index in [0.717, 1.165) is 11.3 Å². The van der Waals surface area contributed by atoms with Crippen molar-refractivity contribution >= 4 is 17.5 Å². The molecule has 5 nitrogen and oxygen atoms in total. The van der Waals surface area contributed by atoms with Crippen LogP contribution in [0, 0.1) is 16.2 Å². The molecule has 0 spiro atoms. The third-order valence-electron chi connectivity index (χ3n) is 3.88. The first kappa shape index (κ1) is 48.5. The third kappa shape index (κ3) is 41.3. The fraction of sp³-hybridized carbons (Fsp3) is 0.541. The van der Waals surface area contributed by atoms with Gasteiger partial charge in [-0.2, -0.15) is 0 Å². The molecule has 2 aromatic rings. The van der Waals surface area contributed by atoms with E-state index in [1.807, 2.05) is 18.2 Å². The van der Waals surface area contributed by atoms with Gasteiger partial charge < -0.3 is 15.0 Å². The Morgan fingerprint density at radius 2 is 1.10 bits per heavy atom. The summed E-state index contributed by atoms with van der Waals surface area (Å²) < 4.78 is 0. The average Bonchev–Trinajstić information content (AvgIpc) is 2.76. The van der Waals surface area contributed by atoms with Gasteiger partial charge in [0.1, 0.15) is 0 Å². The fourth-order valence-corrected chi connectivity index (χ4v) is 2.00.